The predicted octanol–water partition coefficient (Wildman–Crippen LogP) is 0.218. The van der Waals surface area contributed by atoms with Gasteiger partial charge in [0.15, 0.2) is 0 Å². The number of alkyl halides is 2. The van der Waals surface area contributed by atoms with Crippen LogP contribution in [-0.4, -0.2) is 24.9 Å². The largest absolute Gasteiger partial charge is 0.387 e. The highest BCUT2D eigenvalue weighted by molar-refractivity contribution is 4.42. The van der Waals surface area contributed by atoms with Crippen molar-refractivity contribution >= 4 is 0 Å². The van der Waals surface area contributed by atoms with Gasteiger partial charge in [0.25, 0.3) is 0 Å². The Balaban J connectivity index is 3.36. The highest BCUT2D eigenvalue weighted by Crippen LogP contribution is 2.10. The van der Waals surface area contributed by atoms with Crippen molar-refractivity contribution in [1.29, 1.82) is 0 Å². The van der Waals surface area contributed by atoms with Crippen LogP contribution < -0.4 is 0 Å². The van der Waals surface area contributed by atoms with E-state index in [4.69, 9.17) is 5.11 Å². The Bertz CT molecular complexity index is 48.9. The molecule has 0 spiro atoms. The summed E-state index contributed by atoms with van der Waals surface area (Å²) in [5, 5.41) is 7.72. The summed E-state index contributed by atoms with van der Waals surface area (Å²) in [6.07, 6.45) is -3.36. The minimum absolute atomic E-state index is 0.830. The Morgan fingerprint density at radius 1 is 1.71 bits per heavy atom. The first-order valence-electron chi connectivity index (χ1n) is 1.66. The summed E-state index contributed by atoms with van der Waals surface area (Å²) >= 11 is 0. The molecule has 0 bridgehead atoms. The number of halogens is 2. The third-order valence-corrected chi connectivity index (χ3v) is 0.483. The smallest absolute Gasteiger partial charge is 0.378 e. The van der Waals surface area contributed by atoms with Crippen molar-refractivity contribution in [2.24, 2.45) is 0 Å². The number of methoxy groups -OCH3 is 1. The van der Waals surface area contributed by atoms with Crippen LogP contribution in [0, 0.1) is 0 Å². The molecule has 2 nitrogen and oxygen atoms in total. The van der Waals surface area contributed by atoms with Crippen LogP contribution in [0.3, 0.4) is 0 Å². The highest BCUT2D eigenvalue weighted by atomic mass is 19.3. The molecule has 0 fully saturated rings. The Labute approximate surface area is 39.7 Å². The van der Waals surface area contributed by atoms with Gasteiger partial charge in [-0.25, -0.2) is 0 Å². The summed E-state index contributed by atoms with van der Waals surface area (Å²) in [4.78, 5) is 0. The van der Waals surface area contributed by atoms with E-state index in [0.717, 1.165) is 7.11 Å². The van der Waals surface area contributed by atoms with Gasteiger partial charge < -0.3 is 9.84 Å². The number of hydrogen-bond donors (Lipinski definition) is 1. The van der Waals surface area contributed by atoms with Crippen molar-refractivity contribution in [3.8, 4) is 0 Å². The minimum atomic E-state index is -3.36. The molecule has 44 valence electrons. The monoisotopic (exact) mass is 112 g/mol. The fourth-order valence-corrected chi connectivity index (χ4v) is 0.0645. The van der Waals surface area contributed by atoms with Crippen molar-refractivity contribution in [2.45, 2.75) is 6.11 Å². The average molecular weight is 112 g/mol. The van der Waals surface area contributed by atoms with Crippen molar-refractivity contribution in [3.63, 3.8) is 0 Å². The second-order valence-corrected chi connectivity index (χ2v) is 1.000. The molecule has 0 amide bonds. The third kappa shape index (κ3) is 2.47. The molecule has 0 rings (SSSR count). The van der Waals surface area contributed by atoms with E-state index in [-0.39, 0.29) is 0 Å². The van der Waals surface area contributed by atoms with Gasteiger partial charge in [0, 0.05) is 7.11 Å². The third-order valence-electron chi connectivity index (χ3n) is 0.483. The number of hydrogen-bond acceptors (Lipinski definition) is 2. The number of aliphatic hydroxyl groups excluding tert-OH is 1. The zero-order valence-corrected chi connectivity index (χ0v) is 3.82. The summed E-state index contributed by atoms with van der Waals surface area (Å²) in [5.41, 5.74) is 0. The summed E-state index contributed by atoms with van der Waals surface area (Å²) in [7, 11) is 0.830. The molecular formula is C3H6F2O2. The van der Waals surface area contributed by atoms with E-state index in [9.17, 15) is 8.78 Å². The maximum Gasteiger partial charge on any atom is 0.378 e. The molecule has 0 aliphatic carbocycles. The van der Waals surface area contributed by atoms with E-state index in [1.807, 2.05) is 0 Å². The highest BCUT2D eigenvalue weighted by Gasteiger charge is 2.25. The topological polar surface area (TPSA) is 29.5 Å². The summed E-state index contributed by atoms with van der Waals surface area (Å²) in [5.74, 6) is 0. The van der Waals surface area contributed by atoms with Crippen LogP contribution >= 0.6 is 0 Å². The molecule has 7 heavy (non-hydrogen) atoms. The predicted molar refractivity (Wildman–Crippen MR) is 19.0 cm³/mol. The van der Waals surface area contributed by atoms with Crippen molar-refractivity contribution in [3.05, 3.63) is 0 Å². The lowest BCUT2D eigenvalue weighted by atomic mass is 10.7. The lowest BCUT2D eigenvalue weighted by Crippen LogP contribution is -2.22. The maximum absolute atomic E-state index is 11.4. The fourth-order valence-electron chi connectivity index (χ4n) is 0.0645. The van der Waals surface area contributed by atoms with Crippen LogP contribution in [0.2, 0.25) is 0 Å². The van der Waals surface area contributed by atoms with Gasteiger partial charge in [-0.05, 0) is 0 Å². The summed E-state index contributed by atoms with van der Waals surface area (Å²) in [6.45, 7) is -1.26. The number of rotatable bonds is 2. The minimum Gasteiger partial charge on any atom is -0.387 e. The van der Waals surface area contributed by atoms with Crippen molar-refractivity contribution in [2.75, 3.05) is 13.7 Å². The van der Waals surface area contributed by atoms with Gasteiger partial charge in [-0.1, -0.05) is 0 Å². The van der Waals surface area contributed by atoms with Gasteiger partial charge >= 0.3 is 6.11 Å². The normalized spacial score (nSPS) is 12.0. The first-order valence-corrected chi connectivity index (χ1v) is 1.66. The van der Waals surface area contributed by atoms with Gasteiger partial charge in [-0.15, -0.1) is 0 Å². The zero-order chi connectivity index (χ0) is 5.91. The first-order chi connectivity index (χ1) is 3.12. The van der Waals surface area contributed by atoms with Gasteiger partial charge in [0.05, 0.1) is 0 Å². The Kier molecular flexibility index (Phi) is 2.11. The second kappa shape index (κ2) is 2.18. The van der Waals surface area contributed by atoms with Crippen molar-refractivity contribution in [1.82, 2.24) is 0 Å². The lowest BCUT2D eigenvalue weighted by molar-refractivity contribution is -0.241. The van der Waals surface area contributed by atoms with Crippen LogP contribution in [0.4, 0.5) is 8.78 Å². The van der Waals surface area contributed by atoms with Crippen LogP contribution in [0.5, 0.6) is 0 Å². The molecule has 0 aromatic carbocycles. The molecule has 0 aromatic rings. The number of ether oxygens (including phenoxy) is 1. The molecule has 0 aliphatic rings. The van der Waals surface area contributed by atoms with Gasteiger partial charge in [-0.3, -0.25) is 0 Å². The standard InChI is InChI=1S/C3H6F2O2/c1-7-3(4,5)2-6/h6H,2H2,1H3. The van der Waals surface area contributed by atoms with Gasteiger partial charge in [0.2, 0.25) is 0 Å². The molecule has 0 saturated heterocycles. The van der Waals surface area contributed by atoms with Crippen LogP contribution in [0.1, 0.15) is 0 Å². The lowest BCUT2D eigenvalue weighted by Gasteiger charge is -2.07. The molecule has 0 atom stereocenters. The van der Waals surface area contributed by atoms with E-state index in [1.54, 1.807) is 0 Å². The van der Waals surface area contributed by atoms with E-state index in [0.29, 0.717) is 0 Å². The summed E-state index contributed by atoms with van der Waals surface area (Å²) in [6, 6.07) is 0. The van der Waals surface area contributed by atoms with Crippen LogP contribution in [0.15, 0.2) is 0 Å². The molecule has 0 saturated carbocycles. The Morgan fingerprint density at radius 2 is 2.14 bits per heavy atom. The van der Waals surface area contributed by atoms with E-state index >= 15 is 0 Å². The second-order valence-electron chi connectivity index (χ2n) is 1.000. The molecule has 4 heteroatoms. The molecular weight excluding hydrogens is 106 g/mol. The summed E-state index contributed by atoms with van der Waals surface area (Å²) < 4.78 is 26.3. The molecule has 0 radical (unpaired) electrons. The molecule has 0 aromatic heterocycles. The molecule has 0 aliphatic heterocycles. The quantitative estimate of drug-likeness (QED) is 0.553. The van der Waals surface area contributed by atoms with Crippen LogP contribution in [-0.2, 0) is 4.74 Å². The molecule has 0 heterocycles. The van der Waals surface area contributed by atoms with E-state index < -0.39 is 12.7 Å². The average Bonchev–Trinajstić information content (AvgIpc) is 1.68. The first kappa shape index (κ1) is 6.78. The van der Waals surface area contributed by atoms with Crippen molar-refractivity contribution < 1.29 is 18.6 Å². The fraction of sp³-hybridized carbons (Fsp3) is 1.00. The van der Waals surface area contributed by atoms with Gasteiger partial charge in [-0.2, -0.15) is 8.78 Å². The van der Waals surface area contributed by atoms with E-state index in [2.05, 4.69) is 4.74 Å². The Morgan fingerprint density at radius 3 is 2.14 bits per heavy atom. The molecule has 1 N–H and O–H groups in total. The molecule has 0 unspecified atom stereocenters. The SMILES string of the molecule is COC(F)(F)CO. The van der Waals surface area contributed by atoms with Crippen LogP contribution in [0.25, 0.3) is 0 Å². The zero-order valence-electron chi connectivity index (χ0n) is 3.82. The van der Waals surface area contributed by atoms with E-state index in [1.165, 1.54) is 0 Å². The van der Waals surface area contributed by atoms with Gasteiger partial charge in [0.1, 0.15) is 6.61 Å². The Hall–Kier alpha value is -0.220. The maximum atomic E-state index is 11.4. The number of aliphatic hydroxyl groups is 1.